The van der Waals surface area contributed by atoms with Crippen molar-refractivity contribution in [2.45, 2.75) is 46.0 Å². The third-order valence-electron chi connectivity index (χ3n) is 2.84. The maximum atomic E-state index is 4.69. The van der Waals surface area contributed by atoms with Crippen LogP contribution in [0.1, 0.15) is 43.5 Å². The fourth-order valence-corrected chi connectivity index (χ4v) is 2.94. The van der Waals surface area contributed by atoms with E-state index in [1.165, 1.54) is 22.7 Å². The van der Waals surface area contributed by atoms with Crippen LogP contribution in [0.3, 0.4) is 0 Å². The second kappa shape index (κ2) is 5.83. The molecular formula is C13H21N3S. The fraction of sp³-hybridized carbons (Fsp3) is 0.692. The first-order valence-corrected chi connectivity index (χ1v) is 7.52. The monoisotopic (exact) mass is 251 g/mol. The van der Waals surface area contributed by atoms with Crippen LogP contribution in [0, 0.1) is 5.92 Å². The molecule has 0 aromatic carbocycles. The van der Waals surface area contributed by atoms with Gasteiger partial charge in [-0.3, -0.25) is 0 Å². The van der Waals surface area contributed by atoms with Gasteiger partial charge in [0.05, 0.1) is 11.4 Å². The third kappa shape index (κ3) is 3.19. The van der Waals surface area contributed by atoms with Gasteiger partial charge in [0.1, 0.15) is 5.82 Å². The van der Waals surface area contributed by atoms with Crippen LogP contribution < -0.4 is 5.32 Å². The molecule has 4 heteroatoms. The SMILES string of the molecule is CCc1nc(CSCC(C)C)nc2c1CNC2. The first-order valence-electron chi connectivity index (χ1n) is 6.36. The van der Waals surface area contributed by atoms with E-state index in [9.17, 15) is 0 Å². The van der Waals surface area contributed by atoms with Crippen molar-refractivity contribution in [1.29, 1.82) is 0 Å². The molecule has 0 saturated heterocycles. The highest BCUT2D eigenvalue weighted by atomic mass is 32.2. The molecule has 1 N–H and O–H groups in total. The summed E-state index contributed by atoms with van der Waals surface area (Å²) < 4.78 is 0. The molecule has 0 bridgehead atoms. The molecule has 0 fully saturated rings. The molecule has 0 radical (unpaired) electrons. The quantitative estimate of drug-likeness (QED) is 0.872. The van der Waals surface area contributed by atoms with E-state index in [0.29, 0.717) is 0 Å². The minimum absolute atomic E-state index is 0.738. The summed E-state index contributed by atoms with van der Waals surface area (Å²) in [6.07, 6.45) is 1.01. The van der Waals surface area contributed by atoms with E-state index in [2.05, 4.69) is 36.1 Å². The summed E-state index contributed by atoms with van der Waals surface area (Å²) in [6, 6.07) is 0. The predicted octanol–water partition coefficient (Wildman–Crippen LogP) is 2.53. The summed E-state index contributed by atoms with van der Waals surface area (Å²) in [6.45, 7) is 8.52. The Kier molecular flexibility index (Phi) is 4.40. The minimum atomic E-state index is 0.738. The van der Waals surface area contributed by atoms with Gasteiger partial charge in [-0.25, -0.2) is 9.97 Å². The van der Waals surface area contributed by atoms with Gasteiger partial charge in [0.2, 0.25) is 0 Å². The molecule has 0 atom stereocenters. The van der Waals surface area contributed by atoms with Crippen LogP contribution in [-0.4, -0.2) is 15.7 Å². The van der Waals surface area contributed by atoms with Crippen LogP contribution in [0.5, 0.6) is 0 Å². The number of thioether (sulfide) groups is 1. The van der Waals surface area contributed by atoms with Gasteiger partial charge in [0.15, 0.2) is 0 Å². The van der Waals surface area contributed by atoms with Gasteiger partial charge in [-0.2, -0.15) is 11.8 Å². The summed E-state index contributed by atoms with van der Waals surface area (Å²) in [4.78, 5) is 9.35. The van der Waals surface area contributed by atoms with Gasteiger partial charge in [-0.15, -0.1) is 0 Å². The van der Waals surface area contributed by atoms with Crippen molar-refractivity contribution in [2.75, 3.05) is 5.75 Å². The Labute approximate surface area is 108 Å². The Balaban J connectivity index is 2.08. The van der Waals surface area contributed by atoms with Crippen molar-refractivity contribution < 1.29 is 0 Å². The Morgan fingerprint density at radius 1 is 1.29 bits per heavy atom. The summed E-state index contributed by atoms with van der Waals surface area (Å²) in [7, 11) is 0. The Morgan fingerprint density at radius 2 is 2.12 bits per heavy atom. The molecule has 0 aliphatic carbocycles. The maximum Gasteiger partial charge on any atom is 0.138 e. The van der Waals surface area contributed by atoms with Crippen molar-refractivity contribution in [3.63, 3.8) is 0 Å². The van der Waals surface area contributed by atoms with Gasteiger partial charge >= 0.3 is 0 Å². The van der Waals surface area contributed by atoms with Crippen LogP contribution in [0.15, 0.2) is 0 Å². The Morgan fingerprint density at radius 3 is 2.82 bits per heavy atom. The van der Waals surface area contributed by atoms with Crippen molar-refractivity contribution in [3.8, 4) is 0 Å². The number of fused-ring (bicyclic) bond motifs is 1. The van der Waals surface area contributed by atoms with E-state index in [1.807, 2.05) is 11.8 Å². The molecule has 0 saturated carbocycles. The molecule has 0 amide bonds. The Bertz CT molecular complexity index is 390. The number of nitrogens with one attached hydrogen (secondary N) is 1. The second-order valence-corrected chi connectivity index (χ2v) is 5.91. The maximum absolute atomic E-state index is 4.69. The van der Waals surface area contributed by atoms with E-state index in [4.69, 9.17) is 0 Å². The van der Waals surface area contributed by atoms with E-state index in [0.717, 1.165) is 37.0 Å². The molecule has 2 heterocycles. The molecule has 0 spiro atoms. The molecule has 0 unspecified atom stereocenters. The summed E-state index contributed by atoms with van der Waals surface area (Å²) in [5.41, 5.74) is 3.79. The van der Waals surface area contributed by atoms with E-state index in [1.54, 1.807) is 0 Å². The zero-order chi connectivity index (χ0) is 12.3. The second-order valence-electron chi connectivity index (χ2n) is 4.88. The summed E-state index contributed by atoms with van der Waals surface area (Å²) in [5.74, 6) is 3.87. The van der Waals surface area contributed by atoms with Gasteiger partial charge in [0, 0.05) is 24.3 Å². The van der Waals surface area contributed by atoms with Crippen molar-refractivity contribution in [1.82, 2.24) is 15.3 Å². The van der Waals surface area contributed by atoms with Crippen molar-refractivity contribution >= 4 is 11.8 Å². The lowest BCUT2D eigenvalue weighted by atomic mass is 10.1. The highest BCUT2D eigenvalue weighted by Crippen LogP contribution is 2.20. The summed E-state index contributed by atoms with van der Waals surface area (Å²) in [5, 5.41) is 3.35. The number of aryl methyl sites for hydroxylation is 1. The molecule has 17 heavy (non-hydrogen) atoms. The largest absolute Gasteiger partial charge is 0.307 e. The van der Waals surface area contributed by atoms with Gasteiger partial charge in [0.25, 0.3) is 0 Å². The highest BCUT2D eigenvalue weighted by Gasteiger charge is 2.17. The topological polar surface area (TPSA) is 37.8 Å². The van der Waals surface area contributed by atoms with Crippen molar-refractivity contribution in [3.05, 3.63) is 22.8 Å². The third-order valence-corrected chi connectivity index (χ3v) is 4.20. The van der Waals surface area contributed by atoms with E-state index in [-0.39, 0.29) is 0 Å². The normalized spacial score (nSPS) is 14.4. The van der Waals surface area contributed by atoms with Gasteiger partial charge in [-0.1, -0.05) is 20.8 Å². The molecule has 2 rings (SSSR count). The van der Waals surface area contributed by atoms with Gasteiger partial charge < -0.3 is 5.32 Å². The number of hydrogen-bond donors (Lipinski definition) is 1. The number of rotatable bonds is 5. The predicted molar refractivity (Wildman–Crippen MR) is 73.0 cm³/mol. The van der Waals surface area contributed by atoms with Gasteiger partial charge in [-0.05, 0) is 18.1 Å². The first-order chi connectivity index (χ1) is 8.20. The number of aromatic nitrogens is 2. The fourth-order valence-electron chi connectivity index (χ4n) is 2.04. The van der Waals surface area contributed by atoms with Crippen LogP contribution >= 0.6 is 11.8 Å². The van der Waals surface area contributed by atoms with Crippen LogP contribution in [-0.2, 0) is 25.3 Å². The molecule has 1 aliphatic heterocycles. The lowest BCUT2D eigenvalue weighted by molar-refractivity contribution is 0.749. The highest BCUT2D eigenvalue weighted by molar-refractivity contribution is 7.98. The summed E-state index contributed by atoms with van der Waals surface area (Å²) >= 11 is 1.93. The number of nitrogens with zero attached hydrogens (tertiary/aromatic N) is 2. The van der Waals surface area contributed by atoms with Crippen molar-refractivity contribution in [2.24, 2.45) is 5.92 Å². The van der Waals surface area contributed by atoms with Crippen LogP contribution in [0.25, 0.3) is 0 Å². The van der Waals surface area contributed by atoms with E-state index < -0.39 is 0 Å². The molecule has 3 nitrogen and oxygen atoms in total. The average molecular weight is 251 g/mol. The lowest BCUT2D eigenvalue weighted by Crippen LogP contribution is -2.05. The zero-order valence-electron chi connectivity index (χ0n) is 10.9. The zero-order valence-corrected chi connectivity index (χ0v) is 11.7. The lowest BCUT2D eigenvalue weighted by Gasteiger charge is -2.08. The standard InChI is InChI=1S/C13H21N3S/c1-4-11-10-5-14-6-12(10)16-13(15-11)8-17-7-9(2)3/h9,14H,4-8H2,1-3H3. The average Bonchev–Trinajstić information content (AvgIpc) is 2.75. The molecule has 1 aromatic rings. The van der Waals surface area contributed by atoms with Crippen LogP contribution in [0.2, 0.25) is 0 Å². The number of hydrogen-bond acceptors (Lipinski definition) is 4. The molecule has 1 aliphatic rings. The van der Waals surface area contributed by atoms with E-state index >= 15 is 0 Å². The van der Waals surface area contributed by atoms with Crippen LogP contribution in [0.4, 0.5) is 0 Å². The first kappa shape index (κ1) is 12.8. The Hall–Kier alpha value is -0.610. The smallest absolute Gasteiger partial charge is 0.138 e. The minimum Gasteiger partial charge on any atom is -0.307 e. The molecular weight excluding hydrogens is 230 g/mol. The molecule has 1 aromatic heterocycles. The molecule has 94 valence electrons.